The van der Waals surface area contributed by atoms with E-state index >= 15 is 0 Å². The first-order valence-electron chi connectivity index (χ1n) is 9.31. The van der Waals surface area contributed by atoms with Crippen molar-refractivity contribution in [3.8, 4) is 0 Å². The highest BCUT2D eigenvalue weighted by atomic mass is 35.5. The summed E-state index contributed by atoms with van der Waals surface area (Å²) in [4.78, 5) is 14.5. The number of sulfonamides is 1. The molecule has 1 atom stereocenters. The summed E-state index contributed by atoms with van der Waals surface area (Å²) in [6.45, 7) is 3.49. The normalized spacial score (nSPS) is 21.3. The first-order valence-corrected chi connectivity index (χ1v) is 11.3. The van der Waals surface area contributed by atoms with Crippen LogP contribution in [0.15, 0.2) is 24.3 Å². The van der Waals surface area contributed by atoms with Crippen LogP contribution in [0.5, 0.6) is 0 Å². The maximum atomic E-state index is 12.9. The summed E-state index contributed by atoms with van der Waals surface area (Å²) in [7, 11) is -3.40. The molecule has 2 aliphatic rings. The monoisotopic (exact) mass is 415 g/mol. The van der Waals surface area contributed by atoms with Gasteiger partial charge in [-0.1, -0.05) is 11.6 Å². The van der Waals surface area contributed by atoms with E-state index in [9.17, 15) is 13.2 Å². The molecule has 1 aromatic carbocycles. The molecular weight excluding hydrogens is 390 g/mol. The van der Waals surface area contributed by atoms with Crippen molar-refractivity contribution in [2.75, 3.05) is 51.6 Å². The molecule has 1 N–H and O–H groups in total. The number of nitrogens with zero attached hydrogens (tertiary/aromatic N) is 2. The zero-order chi connectivity index (χ0) is 19.3. The molecule has 27 heavy (non-hydrogen) atoms. The van der Waals surface area contributed by atoms with E-state index in [1.807, 2.05) is 0 Å². The van der Waals surface area contributed by atoms with Gasteiger partial charge in [0.25, 0.3) is 5.91 Å². The molecular formula is C18H26ClN3O4S. The second-order valence-corrected chi connectivity index (χ2v) is 9.38. The molecule has 0 saturated carbocycles. The Labute approximate surface area is 165 Å². The summed E-state index contributed by atoms with van der Waals surface area (Å²) >= 11 is 5.91. The van der Waals surface area contributed by atoms with E-state index in [0.717, 1.165) is 12.8 Å². The van der Waals surface area contributed by atoms with Crippen molar-refractivity contribution in [2.45, 2.75) is 18.9 Å². The molecule has 9 heteroatoms. The molecule has 0 unspecified atom stereocenters. The lowest BCUT2D eigenvalue weighted by molar-refractivity contribution is 0.0540. The molecule has 2 aliphatic heterocycles. The van der Waals surface area contributed by atoms with Crippen molar-refractivity contribution in [1.82, 2.24) is 14.5 Å². The van der Waals surface area contributed by atoms with Gasteiger partial charge in [-0.25, -0.2) is 8.42 Å². The Balaban J connectivity index is 1.69. The Kier molecular flexibility index (Phi) is 7.10. The number of amides is 1. The van der Waals surface area contributed by atoms with E-state index in [2.05, 4.69) is 5.32 Å². The molecule has 2 heterocycles. The van der Waals surface area contributed by atoms with Gasteiger partial charge < -0.3 is 15.0 Å². The Hall–Kier alpha value is -1.19. The summed E-state index contributed by atoms with van der Waals surface area (Å²) in [6, 6.07) is 6.66. The van der Waals surface area contributed by atoms with Gasteiger partial charge in [-0.2, -0.15) is 4.31 Å². The van der Waals surface area contributed by atoms with Gasteiger partial charge in [-0.05, 0) is 37.1 Å². The van der Waals surface area contributed by atoms with Gasteiger partial charge in [0.2, 0.25) is 10.0 Å². The van der Waals surface area contributed by atoms with E-state index in [4.69, 9.17) is 16.3 Å². The molecule has 7 nitrogen and oxygen atoms in total. The molecule has 1 aromatic rings. The van der Waals surface area contributed by atoms with E-state index in [-0.39, 0.29) is 24.3 Å². The van der Waals surface area contributed by atoms with Crippen molar-refractivity contribution in [2.24, 2.45) is 0 Å². The van der Waals surface area contributed by atoms with Gasteiger partial charge in [-0.15, -0.1) is 0 Å². The number of rotatable bonds is 7. The highest BCUT2D eigenvalue weighted by molar-refractivity contribution is 7.89. The zero-order valence-electron chi connectivity index (χ0n) is 15.3. The minimum Gasteiger partial charge on any atom is -0.376 e. The number of nitrogens with one attached hydrogen (secondary N) is 1. The predicted octanol–water partition coefficient (Wildman–Crippen LogP) is 1.20. The first kappa shape index (κ1) is 20.5. The Bertz CT molecular complexity index is 729. The number of piperazine rings is 1. The number of carbonyl (C=O) groups is 1. The van der Waals surface area contributed by atoms with Crippen molar-refractivity contribution in [1.29, 1.82) is 0 Å². The molecule has 3 rings (SSSR count). The Morgan fingerprint density at radius 1 is 1.26 bits per heavy atom. The maximum Gasteiger partial charge on any atom is 0.253 e. The molecule has 2 fully saturated rings. The van der Waals surface area contributed by atoms with Gasteiger partial charge in [0, 0.05) is 56.5 Å². The third kappa shape index (κ3) is 5.65. The van der Waals surface area contributed by atoms with Crippen molar-refractivity contribution in [3.05, 3.63) is 34.9 Å². The molecule has 0 spiro atoms. The number of ether oxygens (including phenoxy) is 1. The molecule has 0 radical (unpaired) electrons. The van der Waals surface area contributed by atoms with E-state index in [1.54, 1.807) is 29.2 Å². The number of hydrogen-bond donors (Lipinski definition) is 1. The van der Waals surface area contributed by atoms with Crippen LogP contribution in [-0.4, -0.2) is 81.3 Å². The van der Waals surface area contributed by atoms with Crippen LogP contribution in [0, 0.1) is 0 Å². The highest BCUT2D eigenvalue weighted by Gasteiger charge is 2.28. The SMILES string of the molecule is O=C(c1ccc(Cl)cc1)N(CCS(=O)(=O)N1CCNCC1)C[C@@H]1CCCO1. The topological polar surface area (TPSA) is 79.0 Å². The maximum absolute atomic E-state index is 12.9. The minimum atomic E-state index is -3.40. The summed E-state index contributed by atoms with van der Waals surface area (Å²) in [5, 5.41) is 3.70. The molecule has 150 valence electrons. The highest BCUT2D eigenvalue weighted by Crippen LogP contribution is 2.17. The van der Waals surface area contributed by atoms with E-state index in [1.165, 1.54) is 4.31 Å². The lowest BCUT2D eigenvalue weighted by Crippen LogP contribution is -2.49. The average Bonchev–Trinajstić information content (AvgIpc) is 3.19. The quantitative estimate of drug-likeness (QED) is 0.723. The van der Waals surface area contributed by atoms with Crippen molar-refractivity contribution >= 4 is 27.5 Å². The Morgan fingerprint density at radius 3 is 2.59 bits per heavy atom. The van der Waals surface area contributed by atoms with Gasteiger partial charge in [0.1, 0.15) is 0 Å². The fourth-order valence-electron chi connectivity index (χ4n) is 3.36. The molecule has 0 aliphatic carbocycles. The van der Waals surface area contributed by atoms with Crippen LogP contribution >= 0.6 is 11.6 Å². The standard InChI is InChI=1S/C18H26ClN3O4S/c19-16-5-3-15(4-6-16)18(23)21(14-17-2-1-12-26-17)11-13-27(24,25)22-9-7-20-8-10-22/h3-6,17,20H,1-2,7-14H2/t17-/m0/s1. The largest absolute Gasteiger partial charge is 0.376 e. The number of halogens is 1. The van der Waals surface area contributed by atoms with Gasteiger partial charge in [0.15, 0.2) is 0 Å². The van der Waals surface area contributed by atoms with Crippen LogP contribution in [0.3, 0.4) is 0 Å². The van der Waals surface area contributed by atoms with Crippen LogP contribution in [0.25, 0.3) is 0 Å². The van der Waals surface area contributed by atoms with Crippen LogP contribution in [0.1, 0.15) is 23.2 Å². The van der Waals surface area contributed by atoms with Crippen LogP contribution in [-0.2, 0) is 14.8 Å². The number of hydrogen-bond acceptors (Lipinski definition) is 5. The lowest BCUT2D eigenvalue weighted by atomic mass is 10.1. The molecule has 1 amide bonds. The summed E-state index contributed by atoms with van der Waals surface area (Å²) in [5.74, 6) is -0.281. The smallest absolute Gasteiger partial charge is 0.253 e. The third-order valence-corrected chi connectivity index (χ3v) is 7.02. The Morgan fingerprint density at radius 2 is 1.96 bits per heavy atom. The lowest BCUT2D eigenvalue weighted by Gasteiger charge is -2.29. The average molecular weight is 416 g/mol. The molecule has 2 saturated heterocycles. The molecule has 0 bridgehead atoms. The summed E-state index contributed by atoms with van der Waals surface area (Å²) < 4.78 is 32.4. The van der Waals surface area contributed by atoms with Crippen molar-refractivity contribution < 1.29 is 17.9 Å². The van der Waals surface area contributed by atoms with Gasteiger partial charge in [0.05, 0.1) is 11.9 Å². The number of benzene rings is 1. The zero-order valence-corrected chi connectivity index (χ0v) is 16.8. The molecule has 0 aromatic heterocycles. The fourth-order valence-corrected chi connectivity index (χ4v) is 4.94. The van der Waals surface area contributed by atoms with E-state index < -0.39 is 10.0 Å². The summed E-state index contributed by atoms with van der Waals surface area (Å²) in [6.07, 6.45) is 1.81. The third-order valence-electron chi connectivity index (χ3n) is 4.91. The summed E-state index contributed by atoms with van der Waals surface area (Å²) in [5.41, 5.74) is 0.497. The van der Waals surface area contributed by atoms with Crippen LogP contribution < -0.4 is 5.32 Å². The number of carbonyl (C=O) groups excluding carboxylic acids is 1. The second kappa shape index (κ2) is 9.34. The van der Waals surface area contributed by atoms with Crippen molar-refractivity contribution in [3.63, 3.8) is 0 Å². The second-order valence-electron chi connectivity index (χ2n) is 6.86. The van der Waals surface area contributed by atoms with Crippen LogP contribution in [0.4, 0.5) is 0 Å². The first-order chi connectivity index (χ1) is 13.0. The fraction of sp³-hybridized carbons (Fsp3) is 0.611. The minimum absolute atomic E-state index is 0.0388. The van der Waals surface area contributed by atoms with Crippen LogP contribution in [0.2, 0.25) is 5.02 Å². The van der Waals surface area contributed by atoms with Gasteiger partial charge >= 0.3 is 0 Å². The van der Waals surface area contributed by atoms with E-state index in [0.29, 0.717) is 49.9 Å². The predicted molar refractivity (Wildman–Crippen MR) is 105 cm³/mol. The van der Waals surface area contributed by atoms with Gasteiger partial charge in [-0.3, -0.25) is 4.79 Å².